The molecule has 3 heterocycles. The van der Waals surface area contributed by atoms with E-state index in [4.69, 9.17) is 30.9 Å². The van der Waals surface area contributed by atoms with Crippen LogP contribution in [0.1, 0.15) is 51.4 Å². The van der Waals surface area contributed by atoms with Crippen molar-refractivity contribution in [2.24, 2.45) is 0 Å². The number of nitro groups is 3. The molecule has 3 aromatic rings. The quantitative estimate of drug-likeness (QED) is 0.0338. The number of aromatic nitrogens is 3. The molecule has 1 unspecified atom stereocenters. The Labute approximate surface area is 349 Å². The zero-order valence-corrected chi connectivity index (χ0v) is 35.8. The Morgan fingerprint density at radius 1 is 0.727 bits per heavy atom. The minimum absolute atomic E-state index is 0. The topological polar surface area (TPSA) is 276 Å². The fourth-order valence-electron chi connectivity index (χ4n) is 3.41. The van der Waals surface area contributed by atoms with E-state index in [1.54, 1.807) is 34.6 Å². The lowest BCUT2D eigenvalue weighted by molar-refractivity contribution is -0.386. The number of carbonyl (C=O) groups excluding carboxylic acids is 3. The van der Waals surface area contributed by atoms with Crippen LogP contribution in [0.4, 0.5) is 17.1 Å². The summed E-state index contributed by atoms with van der Waals surface area (Å²) in [5, 5.41) is 40.5. The van der Waals surface area contributed by atoms with E-state index in [0.717, 1.165) is 6.07 Å². The number of esters is 3. The van der Waals surface area contributed by atoms with Gasteiger partial charge in [0.25, 0.3) is 11.4 Å². The molecule has 0 aromatic carbocycles. The Morgan fingerprint density at radius 2 is 1.15 bits per heavy atom. The Balaban J connectivity index is 0. The Morgan fingerprint density at radius 3 is 1.55 bits per heavy atom. The number of carbonyl (C=O) groups is 3. The molecular weight excluding hydrogens is 979 g/mol. The molecule has 0 aliphatic rings. The highest BCUT2D eigenvalue weighted by atomic mass is 79.9. The summed E-state index contributed by atoms with van der Waals surface area (Å²) in [6.45, 7) is 8.95. The highest BCUT2D eigenvalue weighted by Gasteiger charge is 2.38. The average molecular weight is 1010 g/mol. The maximum absolute atomic E-state index is 11.9. The molecule has 1 N–H and O–H groups in total. The minimum Gasteiger partial charge on any atom is -0.466 e. The molecule has 0 aliphatic heterocycles. The monoisotopic (exact) mass is 1010 g/mol. The van der Waals surface area contributed by atoms with Crippen LogP contribution in [0.25, 0.3) is 0 Å². The van der Waals surface area contributed by atoms with Crippen LogP contribution in [0.15, 0.2) is 50.2 Å². The van der Waals surface area contributed by atoms with Crippen LogP contribution in [0, 0.1) is 37.3 Å². The molecule has 25 heteroatoms. The van der Waals surface area contributed by atoms with Gasteiger partial charge in [-0.3, -0.25) is 54.7 Å². The second kappa shape index (κ2) is 28.4. The average Bonchev–Trinajstić information content (AvgIpc) is 3.08. The lowest BCUT2D eigenvalue weighted by Crippen LogP contribution is -2.27. The Bertz CT molecular complexity index is 1680. The van der Waals surface area contributed by atoms with Gasteiger partial charge >= 0.3 is 23.6 Å². The summed E-state index contributed by atoms with van der Waals surface area (Å²) in [4.78, 5) is 75.6. The standard InChI is InChI=1S/C12H13BrN2O6.C7H14O4.C6H5BrN2O2.C5H2BrClN2O2.ClH/c1-3-20-11(16)9(12(17)21-4-2)10-8(15(18)19)5-7(13)6-14-10;1-3-10-6(8)5-7(9)11-4-2;1-4-6(9(10)11)2-5(7)3-8-4;6-3-1-4(9(10)11)5(7)8-2-3;/h5-6,9H,3-4H2,1-2H3;6,8H,3-5H2,1-2H3;2-3H,1H3;1-2H;1H. The van der Waals surface area contributed by atoms with Crippen molar-refractivity contribution in [1.82, 2.24) is 15.0 Å². The van der Waals surface area contributed by atoms with Gasteiger partial charge in [-0.1, -0.05) is 11.6 Å². The molecule has 3 aromatic heterocycles. The zero-order valence-electron chi connectivity index (χ0n) is 29.5. The number of rotatable bonds is 13. The molecule has 0 radical (unpaired) electrons. The Hall–Kier alpha value is -4.00. The third-order valence-electron chi connectivity index (χ3n) is 5.59. The fraction of sp³-hybridized carbons (Fsp3) is 0.400. The summed E-state index contributed by atoms with van der Waals surface area (Å²) in [6.07, 6.45) is 3.06. The largest absolute Gasteiger partial charge is 0.466 e. The van der Waals surface area contributed by atoms with Crippen LogP contribution in [0.2, 0.25) is 5.15 Å². The number of pyridine rings is 3. The van der Waals surface area contributed by atoms with Crippen LogP contribution in [0.3, 0.4) is 0 Å². The zero-order chi connectivity index (χ0) is 41.5. The van der Waals surface area contributed by atoms with Crippen molar-refractivity contribution in [2.75, 3.05) is 26.4 Å². The summed E-state index contributed by atoms with van der Waals surface area (Å²) in [6, 6.07) is 3.89. The second-order valence-electron chi connectivity index (χ2n) is 9.41. The van der Waals surface area contributed by atoms with Gasteiger partial charge in [-0.05, 0) is 82.4 Å². The molecule has 0 fully saturated rings. The van der Waals surface area contributed by atoms with Gasteiger partial charge in [0.1, 0.15) is 11.4 Å². The number of aryl methyl sites for hydroxylation is 1. The molecule has 20 nitrogen and oxygen atoms in total. The van der Waals surface area contributed by atoms with Gasteiger partial charge in [-0.25, -0.2) is 4.98 Å². The van der Waals surface area contributed by atoms with Gasteiger partial charge in [-0.2, -0.15) is 0 Å². The molecule has 304 valence electrons. The van der Waals surface area contributed by atoms with Crippen molar-refractivity contribution < 1.29 is 53.2 Å². The van der Waals surface area contributed by atoms with Crippen molar-refractivity contribution >= 4 is 107 Å². The van der Waals surface area contributed by atoms with Crippen molar-refractivity contribution in [3.63, 3.8) is 0 Å². The van der Waals surface area contributed by atoms with Crippen LogP contribution in [-0.4, -0.2) is 85.5 Å². The van der Waals surface area contributed by atoms with E-state index in [1.165, 1.54) is 30.7 Å². The predicted molar refractivity (Wildman–Crippen MR) is 208 cm³/mol. The van der Waals surface area contributed by atoms with Gasteiger partial charge in [0.05, 0.1) is 41.0 Å². The van der Waals surface area contributed by atoms with E-state index in [0.29, 0.717) is 32.3 Å². The van der Waals surface area contributed by atoms with Crippen LogP contribution < -0.4 is 0 Å². The summed E-state index contributed by atoms with van der Waals surface area (Å²) in [5.74, 6) is -3.89. The molecule has 0 amide bonds. The lowest BCUT2D eigenvalue weighted by Gasteiger charge is -2.14. The first-order valence-electron chi connectivity index (χ1n) is 15.1. The van der Waals surface area contributed by atoms with E-state index >= 15 is 0 Å². The summed E-state index contributed by atoms with van der Waals surface area (Å²) < 4.78 is 20.4. The highest BCUT2D eigenvalue weighted by Crippen LogP contribution is 2.29. The molecule has 0 aliphatic carbocycles. The maximum Gasteiger partial charge on any atom is 0.326 e. The number of aliphatic hydroxyl groups excluding tert-OH is 1. The van der Waals surface area contributed by atoms with E-state index in [-0.39, 0.29) is 54.3 Å². The predicted octanol–water partition coefficient (Wildman–Crippen LogP) is 7.14. The van der Waals surface area contributed by atoms with Crippen LogP contribution in [0.5, 0.6) is 0 Å². The maximum atomic E-state index is 11.9. The molecule has 0 saturated carbocycles. The van der Waals surface area contributed by atoms with Crippen LogP contribution in [-0.2, 0) is 33.3 Å². The summed E-state index contributed by atoms with van der Waals surface area (Å²) >= 11 is 14.6. The lowest BCUT2D eigenvalue weighted by atomic mass is 10.0. The molecular formula is C30H35Br3Cl2N6O14. The molecule has 0 spiro atoms. The van der Waals surface area contributed by atoms with Crippen molar-refractivity contribution in [3.8, 4) is 0 Å². The molecule has 55 heavy (non-hydrogen) atoms. The van der Waals surface area contributed by atoms with E-state index in [9.17, 15) is 44.7 Å². The van der Waals surface area contributed by atoms with Crippen molar-refractivity contribution in [2.45, 2.75) is 53.2 Å². The summed E-state index contributed by atoms with van der Waals surface area (Å²) in [7, 11) is 0. The Kier molecular flexibility index (Phi) is 27.4. The fourth-order valence-corrected chi connectivity index (χ4v) is 4.54. The number of halogens is 5. The highest BCUT2D eigenvalue weighted by molar-refractivity contribution is 9.11. The molecule has 3 rings (SSSR count). The van der Waals surface area contributed by atoms with Crippen LogP contribution >= 0.6 is 71.8 Å². The van der Waals surface area contributed by atoms with Gasteiger partial charge in [-0.15, -0.1) is 12.4 Å². The smallest absolute Gasteiger partial charge is 0.326 e. The first kappa shape index (κ1) is 53.1. The second-order valence-corrected chi connectivity index (χ2v) is 12.5. The number of hydrogen-bond acceptors (Lipinski definition) is 17. The van der Waals surface area contributed by atoms with E-state index in [1.807, 2.05) is 0 Å². The van der Waals surface area contributed by atoms with Crippen molar-refractivity contribution in [1.29, 1.82) is 0 Å². The number of aliphatic hydroxyl groups is 1. The SMILES string of the molecule is CCOC(=O)C(C(=O)OCC)c1ncc(Br)cc1[N+](=O)[O-].CCOC(=O)CC(O)OCC.Cc1ncc(Br)cc1[N+](=O)[O-].Cl.O=[N+]([O-])c1cc(Br)cnc1Cl. The van der Waals surface area contributed by atoms with E-state index < -0.39 is 50.6 Å². The number of hydrogen-bond donors (Lipinski definition) is 1. The third kappa shape index (κ3) is 20.5. The van der Waals surface area contributed by atoms with Gasteiger partial charge < -0.3 is 24.1 Å². The molecule has 0 bridgehead atoms. The number of ether oxygens (including phenoxy) is 4. The van der Waals surface area contributed by atoms with Gasteiger partial charge in [0.2, 0.25) is 11.1 Å². The summed E-state index contributed by atoms with van der Waals surface area (Å²) in [5.41, 5.74) is -0.491. The van der Waals surface area contributed by atoms with Gasteiger partial charge in [0, 0.05) is 56.8 Å². The molecule has 1 atom stereocenters. The normalized spacial score (nSPS) is 10.3. The van der Waals surface area contributed by atoms with Crippen molar-refractivity contribution in [3.05, 3.63) is 97.1 Å². The molecule has 0 saturated heterocycles. The number of nitrogens with zero attached hydrogens (tertiary/aromatic N) is 6. The van der Waals surface area contributed by atoms with Gasteiger partial charge in [0.15, 0.2) is 6.29 Å². The first-order chi connectivity index (χ1) is 25.3. The first-order valence-corrected chi connectivity index (χ1v) is 17.9. The van der Waals surface area contributed by atoms with E-state index in [2.05, 4.69) is 67.5 Å². The minimum atomic E-state index is -1.58. The third-order valence-corrected chi connectivity index (χ3v) is 7.18.